The number of para-hydroxylation sites is 2. The van der Waals surface area contributed by atoms with Gasteiger partial charge in [-0.3, -0.25) is 0 Å². The van der Waals surface area contributed by atoms with E-state index < -0.39 is 0 Å². The molecule has 0 atom stereocenters. The number of rotatable bonds is 2. The molecule has 3 aromatic rings. The Labute approximate surface area is 103 Å². The van der Waals surface area contributed by atoms with Crippen molar-refractivity contribution in [2.24, 2.45) is 0 Å². The molecule has 0 radical (unpaired) electrons. The summed E-state index contributed by atoms with van der Waals surface area (Å²) < 4.78 is 5.73. The van der Waals surface area contributed by atoms with Crippen molar-refractivity contribution in [3.63, 3.8) is 0 Å². The monoisotopic (exact) mass is 242 g/mol. The van der Waals surface area contributed by atoms with Crippen LogP contribution in [0.2, 0.25) is 0 Å². The summed E-state index contributed by atoms with van der Waals surface area (Å²) in [7, 11) is 0. The SMILES string of the molecule is CSc1ncccc1-c1nc2ccccc2o1. The Morgan fingerprint density at radius 1 is 1.12 bits per heavy atom. The van der Waals surface area contributed by atoms with Gasteiger partial charge < -0.3 is 4.42 Å². The van der Waals surface area contributed by atoms with Gasteiger partial charge in [-0.1, -0.05) is 12.1 Å². The zero-order valence-electron chi connectivity index (χ0n) is 9.25. The fraction of sp³-hybridized carbons (Fsp3) is 0.0769. The minimum absolute atomic E-state index is 0.628. The maximum absolute atomic E-state index is 5.73. The van der Waals surface area contributed by atoms with E-state index in [4.69, 9.17) is 4.42 Å². The number of hydrogen-bond acceptors (Lipinski definition) is 4. The van der Waals surface area contributed by atoms with E-state index in [2.05, 4.69) is 9.97 Å². The van der Waals surface area contributed by atoms with E-state index in [-0.39, 0.29) is 0 Å². The molecule has 0 N–H and O–H groups in total. The number of aromatic nitrogens is 2. The molecule has 0 aliphatic carbocycles. The molecule has 1 aromatic carbocycles. The number of oxazole rings is 1. The zero-order chi connectivity index (χ0) is 11.7. The van der Waals surface area contributed by atoms with E-state index in [1.165, 1.54) is 0 Å². The maximum atomic E-state index is 5.73. The molecule has 0 unspecified atom stereocenters. The van der Waals surface area contributed by atoms with Crippen LogP contribution in [0.1, 0.15) is 0 Å². The molecule has 0 bridgehead atoms. The highest BCUT2D eigenvalue weighted by Gasteiger charge is 2.11. The van der Waals surface area contributed by atoms with Gasteiger partial charge in [-0.25, -0.2) is 9.97 Å². The fourth-order valence-corrected chi connectivity index (χ4v) is 2.25. The van der Waals surface area contributed by atoms with E-state index in [0.29, 0.717) is 5.89 Å². The van der Waals surface area contributed by atoms with Gasteiger partial charge in [0.2, 0.25) is 5.89 Å². The molecular formula is C13H10N2OS. The van der Waals surface area contributed by atoms with E-state index in [0.717, 1.165) is 21.7 Å². The molecule has 4 heteroatoms. The Balaban J connectivity index is 2.20. The van der Waals surface area contributed by atoms with Crippen molar-refractivity contribution in [3.05, 3.63) is 42.6 Å². The molecule has 2 aromatic heterocycles. The summed E-state index contributed by atoms with van der Waals surface area (Å²) in [4.78, 5) is 8.78. The van der Waals surface area contributed by atoms with Crippen LogP contribution in [-0.2, 0) is 0 Å². The van der Waals surface area contributed by atoms with Crippen molar-refractivity contribution in [1.29, 1.82) is 0 Å². The predicted molar refractivity (Wildman–Crippen MR) is 69.0 cm³/mol. The smallest absolute Gasteiger partial charge is 0.230 e. The summed E-state index contributed by atoms with van der Waals surface area (Å²) in [6.45, 7) is 0. The first-order valence-corrected chi connectivity index (χ1v) is 6.46. The van der Waals surface area contributed by atoms with Gasteiger partial charge in [0.1, 0.15) is 10.5 Å². The Morgan fingerprint density at radius 2 is 2.00 bits per heavy atom. The van der Waals surface area contributed by atoms with Crippen LogP contribution in [0.25, 0.3) is 22.6 Å². The first-order chi connectivity index (χ1) is 8.38. The average Bonchev–Trinajstić information content (AvgIpc) is 2.82. The first-order valence-electron chi connectivity index (χ1n) is 5.23. The molecule has 0 amide bonds. The number of fused-ring (bicyclic) bond motifs is 1. The normalized spacial score (nSPS) is 10.9. The van der Waals surface area contributed by atoms with Crippen LogP contribution in [0.5, 0.6) is 0 Å². The van der Waals surface area contributed by atoms with Crippen LogP contribution in [0.3, 0.4) is 0 Å². The lowest BCUT2D eigenvalue weighted by atomic mass is 10.3. The second kappa shape index (κ2) is 4.22. The second-order valence-corrected chi connectivity index (χ2v) is 4.34. The fourth-order valence-electron chi connectivity index (χ4n) is 1.70. The van der Waals surface area contributed by atoms with Gasteiger partial charge in [0.15, 0.2) is 5.58 Å². The highest BCUT2D eigenvalue weighted by molar-refractivity contribution is 7.98. The molecular weight excluding hydrogens is 232 g/mol. The van der Waals surface area contributed by atoms with Crippen molar-refractivity contribution in [1.82, 2.24) is 9.97 Å². The summed E-state index contributed by atoms with van der Waals surface area (Å²) in [5.41, 5.74) is 2.62. The molecule has 3 nitrogen and oxygen atoms in total. The van der Waals surface area contributed by atoms with Gasteiger partial charge >= 0.3 is 0 Å². The van der Waals surface area contributed by atoms with Gasteiger partial charge in [0, 0.05) is 6.20 Å². The Hall–Kier alpha value is -1.81. The van der Waals surface area contributed by atoms with Crippen LogP contribution < -0.4 is 0 Å². The molecule has 0 spiro atoms. The first kappa shape index (κ1) is 10.4. The van der Waals surface area contributed by atoms with Crippen molar-refractivity contribution >= 4 is 22.9 Å². The van der Waals surface area contributed by atoms with E-state index in [9.17, 15) is 0 Å². The third kappa shape index (κ3) is 1.80. The van der Waals surface area contributed by atoms with Gasteiger partial charge in [0.05, 0.1) is 5.56 Å². The number of hydrogen-bond donors (Lipinski definition) is 0. The van der Waals surface area contributed by atoms with E-state index >= 15 is 0 Å². The van der Waals surface area contributed by atoms with Crippen molar-refractivity contribution in [2.45, 2.75) is 5.03 Å². The van der Waals surface area contributed by atoms with Gasteiger partial charge in [-0.15, -0.1) is 11.8 Å². The summed E-state index contributed by atoms with van der Waals surface area (Å²) in [5, 5.41) is 0.930. The summed E-state index contributed by atoms with van der Waals surface area (Å²) in [6, 6.07) is 11.6. The van der Waals surface area contributed by atoms with Crippen LogP contribution >= 0.6 is 11.8 Å². The largest absolute Gasteiger partial charge is 0.436 e. The lowest BCUT2D eigenvalue weighted by Crippen LogP contribution is -1.84. The molecule has 84 valence electrons. The standard InChI is InChI=1S/C13H10N2OS/c1-17-13-9(5-4-8-14-13)12-15-10-6-2-3-7-11(10)16-12/h2-8H,1H3. The van der Waals surface area contributed by atoms with Crippen molar-refractivity contribution in [3.8, 4) is 11.5 Å². The third-order valence-electron chi connectivity index (χ3n) is 2.49. The molecule has 17 heavy (non-hydrogen) atoms. The molecule has 3 rings (SSSR count). The van der Waals surface area contributed by atoms with Crippen LogP contribution in [0.15, 0.2) is 52.0 Å². The number of pyridine rings is 1. The van der Waals surface area contributed by atoms with Gasteiger partial charge in [-0.2, -0.15) is 0 Å². The highest BCUT2D eigenvalue weighted by atomic mass is 32.2. The van der Waals surface area contributed by atoms with Crippen molar-refractivity contribution in [2.75, 3.05) is 6.26 Å². The van der Waals surface area contributed by atoms with Crippen LogP contribution in [0, 0.1) is 0 Å². The second-order valence-electron chi connectivity index (χ2n) is 3.55. The Morgan fingerprint density at radius 3 is 2.82 bits per heavy atom. The van der Waals surface area contributed by atoms with Gasteiger partial charge in [0.25, 0.3) is 0 Å². The summed E-state index contributed by atoms with van der Waals surface area (Å²) in [6.07, 6.45) is 3.77. The number of thioether (sulfide) groups is 1. The third-order valence-corrected chi connectivity index (χ3v) is 3.20. The molecule has 0 saturated carbocycles. The summed E-state index contributed by atoms with van der Waals surface area (Å²) >= 11 is 1.59. The van der Waals surface area contributed by atoms with Crippen LogP contribution in [0.4, 0.5) is 0 Å². The molecule has 0 fully saturated rings. The molecule has 0 saturated heterocycles. The van der Waals surface area contributed by atoms with E-state index in [1.807, 2.05) is 42.7 Å². The average molecular weight is 242 g/mol. The van der Waals surface area contributed by atoms with Crippen LogP contribution in [-0.4, -0.2) is 16.2 Å². The number of benzene rings is 1. The minimum Gasteiger partial charge on any atom is -0.436 e. The van der Waals surface area contributed by atoms with Crippen molar-refractivity contribution < 1.29 is 4.42 Å². The molecule has 0 aliphatic rings. The molecule has 2 heterocycles. The zero-order valence-corrected chi connectivity index (χ0v) is 10.1. The number of nitrogens with zero attached hydrogens (tertiary/aromatic N) is 2. The lowest BCUT2D eigenvalue weighted by Gasteiger charge is -2.00. The van der Waals surface area contributed by atoms with Gasteiger partial charge in [-0.05, 0) is 30.5 Å². The van der Waals surface area contributed by atoms with E-state index in [1.54, 1.807) is 18.0 Å². The topological polar surface area (TPSA) is 38.9 Å². The minimum atomic E-state index is 0.628. The molecule has 0 aliphatic heterocycles. The summed E-state index contributed by atoms with van der Waals surface area (Å²) in [5.74, 6) is 0.628. The highest BCUT2D eigenvalue weighted by Crippen LogP contribution is 2.29. The maximum Gasteiger partial charge on any atom is 0.230 e. The predicted octanol–water partition coefficient (Wildman–Crippen LogP) is 3.61. The lowest BCUT2D eigenvalue weighted by molar-refractivity contribution is 0.617. The Bertz CT molecular complexity index is 630. The quantitative estimate of drug-likeness (QED) is 0.643. The Kier molecular flexibility index (Phi) is 2.57.